The second kappa shape index (κ2) is 7.58. The molecule has 1 heterocycles. The van der Waals surface area contributed by atoms with Crippen LogP contribution >= 0.6 is 0 Å². The summed E-state index contributed by atoms with van der Waals surface area (Å²) in [4.78, 5) is 11.6. The van der Waals surface area contributed by atoms with Crippen LogP contribution in [0, 0.1) is 0 Å². The summed E-state index contributed by atoms with van der Waals surface area (Å²) in [5, 5.41) is 9.49. The van der Waals surface area contributed by atoms with Gasteiger partial charge in [0.15, 0.2) is 0 Å². The molecule has 1 saturated heterocycles. The molecule has 2 aromatic rings. The molecule has 1 fully saturated rings. The van der Waals surface area contributed by atoms with Crippen LogP contribution in [0.3, 0.4) is 0 Å². The number of aromatic carboxylic acids is 1. The third kappa shape index (κ3) is 3.63. The molecule has 27 heavy (non-hydrogen) atoms. The van der Waals surface area contributed by atoms with Crippen molar-refractivity contribution in [2.75, 3.05) is 27.3 Å². The van der Waals surface area contributed by atoms with Crippen molar-refractivity contribution in [2.24, 2.45) is 0 Å². The van der Waals surface area contributed by atoms with E-state index < -0.39 is 16.0 Å². The Kier molecular flexibility index (Phi) is 5.38. The predicted octanol–water partition coefficient (Wildman–Crippen LogP) is 2.85. The van der Waals surface area contributed by atoms with Crippen molar-refractivity contribution >= 4 is 16.0 Å². The second-order valence-electron chi connectivity index (χ2n) is 6.20. The molecule has 7 nitrogen and oxygen atoms in total. The standard InChI is InChI=1S/C19H21NO6S/c1-25-16-6-5-7-17(26-2)18(16)13-10-14(19(21)22)12-15(11-13)27(23,24)20-8-3-4-9-20/h5-7,10-12H,3-4,8-9H2,1-2H3,(H,21,22). The molecule has 0 aromatic heterocycles. The Morgan fingerprint density at radius 3 is 2.15 bits per heavy atom. The number of carbonyl (C=O) groups is 1. The van der Waals surface area contributed by atoms with Crippen LogP contribution in [0.2, 0.25) is 0 Å². The van der Waals surface area contributed by atoms with Gasteiger partial charge in [0.05, 0.1) is 30.2 Å². The van der Waals surface area contributed by atoms with Gasteiger partial charge in [-0.05, 0) is 48.7 Å². The van der Waals surface area contributed by atoms with E-state index in [1.165, 1.54) is 36.7 Å². The van der Waals surface area contributed by atoms with Crippen molar-refractivity contribution < 1.29 is 27.8 Å². The molecule has 0 amide bonds. The van der Waals surface area contributed by atoms with Gasteiger partial charge in [-0.1, -0.05) is 6.07 Å². The molecule has 0 aliphatic carbocycles. The first-order chi connectivity index (χ1) is 12.9. The highest BCUT2D eigenvalue weighted by Crippen LogP contribution is 2.40. The van der Waals surface area contributed by atoms with Gasteiger partial charge < -0.3 is 14.6 Å². The van der Waals surface area contributed by atoms with Crippen LogP contribution in [-0.4, -0.2) is 51.1 Å². The van der Waals surface area contributed by atoms with E-state index in [2.05, 4.69) is 0 Å². The smallest absolute Gasteiger partial charge is 0.335 e. The van der Waals surface area contributed by atoms with Gasteiger partial charge in [0.2, 0.25) is 10.0 Å². The van der Waals surface area contributed by atoms with Crippen molar-refractivity contribution in [3.8, 4) is 22.6 Å². The Labute approximate surface area is 158 Å². The SMILES string of the molecule is COc1cccc(OC)c1-c1cc(C(=O)O)cc(S(=O)(=O)N2CCCC2)c1. The number of benzene rings is 2. The predicted molar refractivity (Wildman–Crippen MR) is 99.9 cm³/mol. The van der Waals surface area contributed by atoms with Gasteiger partial charge in [-0.3, -0.25) is 0 Å². The number of rotatable bonds is 6. The topological polar surface area (TPSA) is 93.1 Å². The van der Waals surface area contributed by atoms with E-state index in [-0.39, 0.29) is 10.5 Å². The maximum atomic E-state index is 13.0. The Bertz CT molecular complexity index is 942. The minimum Gasteiger partial charge on any atom is -0.496 e. The van der Waals surface area contributed by atoms with Crippen LogP contribution < -0.4 is 9.47 Å². The molecular weight excluding hydrogens is 370 g/mol. The highest BCUT2D eigenvalue weighted by atomic mass is 32.2. The van der Waals surface area contributed by atoms with E-state index in [9.17, 15) is 18.3 Å². The molecule has 0 radical (unpaired) electrons. The lowest BCUT2D eigenvalue weighted by molar-refractivity contribution is 0.0696. The molecule has 8 heteroatoms. The average molecular weight is 391 g/mol. The van der Waals surface area contributed by atoms with E-state index in [1.807, 2.05) is 0 Å². The third-order valence-corrected chi connectivity index (χ3v) is 6.45. The maximum Gasteiger partial charge on any atom is 0.335 e. The normalized spacial score (nSPS) is 14.9. The summed E-state index contributed by atoms with van der Waals surface area (Å²) < 4.78 is 38.1. The summed E-state index contributed by atoms with van der Waals surface area (Å²) in [6.07, 6.45) is 1.59. The van der Waals surface area contributed by atoms with Crippen LogP contribution in [0.25, 0.3) is 11.1 Å². The van der Waals surface area contributed by atoms with Crippen LogP contribution in [-0.2, 0) is 10.0 Å². The van der Waals surface area contributed by atoms with E-state index in [0.717, 1.165) is 12.8 Å². The fraction of sp³-hybridized carbons (Fsp3) is 0.316. The lowest BCUT2D eigenvalue weighted by Crippen LogP contribution is -2.28. The largest absolute Gasteiger partial charge is 0.496 e. The number of carboxylic acid groups (broad SMARTS) is 1. The number of carboxylic acids is 1. The summed E-state index contributed by atoms with van der Waals surface area (Å²) in [5.41, 5.74) is 0.795. The number of nitrogens with zero attached hydrogens (tertiary/aromatic N) is 1. The van der Waals surface area contributed by atoms with Gasteiger partial charge in [-0.2, -0.15) is 4.31 Å². The summed E-state index contributed by atoms with van der Waals surface area (Å²) in [7, 11) is -0.801. The minimum atomic E-state index is -3.78. The van der Waals surface area contributed by atoms with Gasteiger partial charge >= 0.3 is 5.97 Å². The van der Waals surface area contributed by atoms with Gasteiger partial charge in [0.1, 0.15) is 11.5 Å². The molecule has 0 atom stereocenters. The van der Waals surface area contributed by atoms with Gasteiger partial charge in [0, 0.05) is 13.1 Å². The molecule has 3 rings (SSSR count). The van der Waals surface area contributed by atoms with Crippen LogP contribution in [0.1, 0.15) is 23.2 Å². The molecule has 1 aliphatic rings. The monoisotopic (exact) mass is 391 g/mol. The molecule has 144 valence electrons. The van der Waals surface area contributed by atoms with Crippen molar-refractivity contribution in [3.63, 3.8) is 0 Å². The molecule has 0 saturated carbocycles. The van der Waals surface area contributed by atoms with E-state index in [1.54, 1.807) is 18.2 Å². The van der Waals surface area contributed by atoms with Crippen molar-refractivity contribution in [1.29, 1.82) is 0 Å². The number of sulfonamides is 1. The molecular formula is C19H21NO6S. The van der Waals surface area contributed by atoms with Crippen molar-refractivity contribution in [1.82, 2.24) is 4.31 Å². The van der Waals surface area contributed by atoms with Crippen molar-refractivity contribution in [2.45, 2.75) is 17.7 Å². The van der Waals surface area contributed by atoms with Gasteiger partial charge in [-0.25, -0.2) is 13.2 Å². The van der Waals surface area contributed by atoms with Crippen LogP contribution in [0.15, 0.2) is 41.3 Å². The summed E-state index contributed by atoms with van der Waals surface area (Å²) in [6, 6.07) is 9.25. The van der Waals surface area contributed by atoms with E-state index >= 15 is 0 Å². The Morgan fingerprint density at radius 2 is 1.63 bits per heavy atom. The Hall–Kier alpha value is -2.58. The highest BCUT2D eigenvalue weighted by Gasteiger charge is 2.29. The average Bonchev–Trinajstić information content (AvgIpc) is 3.22. The molecule has 1 aliphatic heterocycles. The highest BCUT2D eigenvalue weighted by molar-refractivity contribution is 7.89. The van der Waals surface area contributed by atoms with Crippen LogP contribution in [0.4, 0.5) is 0 Å². The zero-order valence-electron chi connectivity index (χ0n) is 15.1. The van der Waals surface area contributed by atoms with Crippen molar-refractivity contribution in [3.05, 3.63) is 42.0 Å². The number of hydrogen-bond acceptors (Lipinski definition) is 5. The quantitative estimate of drug-likeness (QED) is 0.814. The fourth-order valence-corrected chi connectivity index (χ4v) is 4.82. The Balaban J connectivity index is 2.24. The van der Waals surface area contributed by atoms with E-state index in [0.29, 0.717) is 35.7 Å². The number of methoxy groups -OCH3 is 2. The first-order valence-electron chi connectivity index (χ1n) is 8.48. The van der Waals surface area contributed by atoms with Gasteiger partial charge in [-0.15, -0.1) is 0 Å². The first-order valence-corrected chi connectivity index (χ1v) is 9.92. The summed E-state index contributed by atoms with van der Waals surface area (Å²) >= 11 is 0. The molecule has 0 unspecified atom stereocenters. The first kappa shape index (κ1) is 19.2. The molecule has 2 aromatic carbocycles. The summed E-state index contributed by atoms with van der Waals surface area (Å²) in [6.45, 7) is 0.875. The van der Waals surface area contributed by atoms with Crippen LogP contribution in [0.5, 0.6) is 11.5 Å². The maximum absolute atomic E-state index is 13.0. The second-order valence-corrected chi connectivity index (χ2v) is 8.14. The zero-order valence-corrected chi connectivity index (χ0v) is 16.0. The molecule has 0 bridgehead atoms. The lowest BCUT2D eigenvalue weighted by Gasteiger charge is -2.18. The zero-order chi connectivity index (χ0) is 19.6. The van der Waals surface area contributed by atoms with Gasteiger partial charge in [0.25, 0.3) is 0 Å². The fourth-order valence-electron chi connectivity index (χ4n) is 3.23. The summed E-state index contributed by atoms with van der Waals surface area (Å²) in [5.74, 6) is -0.286. The Morgan fingerprint density at radius 1 is 1.04 bits per heavy atom. The minimum absolute atomic E-state index is 0.0488. The third-order valence-electron chi connectivity index (χ3n) is 4.57. The van der Waals surface area contributed by atoms with E-state index in [4.69, 9.17) is 9.47 Å². The number of hydrogen-bond donors (Lipinski definition) is 1. The lowest BCUT2D eigenvalue weighted by atomic mass is 10.0. The number of ether oxygens (including phenoxy) is 2. The molecule has 0 spiro atoms. The molecule has 1 N–H and O–H groups in total.